The lowest BCUT2D eigenvalue weighted by molar-refractivity contribution is 0.301. The van der Waals surface area contributed by atoms with Crippen LogP contribution in [0.1, 0.15) is 18.1 Å². The van der Waals surface area contributed by atoms with Gasteiger partial charge >= 0.3 is 0 Å². The Morgan fingerprint density at radius 3 is 2.56 bits per heavy atom. The van der Waals surface area contributed by atoms with Crippen molar-refractivity contribution in [3.8, 4) is 0 Å². The molecular weight excluding hydrogens is 196 g/mol. The van der Waals surface area contributed by atoms with Crippen LogP contribution in [0.4, 0.5) is 0 Å². The van der Waals surface area contributed by atoms with Gasteiger partial charge in [0.1, 0.15) is 0 Å². The maximum absolute atomic E-state index is 6.11. The molecule has 0 saturated heterocycles. The third-order valence-electron chi connectivity index (χ3n) is 2.95. The van der Waals surface area contributed by atoms with E-state index in [-0.39, 0.29) is 6.17 Å². The molecule has 0 bridgehead atoms. The van der Waals surface area contributed by atoms with Gasteiger partial charge in [0.15, 0.2) is 0 Å². The molecule has 1 aliphatic heterocycles. The highest BCUT2D eigenvalue weighted by molar-refractivity contribution is 5.24. The predicted octanol–water partition coefficient (Wildman–Crippen LogP) is 2.56. The summed E-state index contributed by atoms with van der Waals surface area (Å²) in [5, 5.41) is 0. The topological polar surface area (TPSA) is 29.3 Å². The van der Waals surface area contributed by atoms with Gasteiger partial charge in [0.25, 0.3) is 0 Å². The Kier molecular flexibility index (Phi) is 3.11. The fraction of sp³-hybridized carbons (Fsp3) is 0.286. The number of allylic oxidation sites excluding steroid dienone is 2. The monoisotopic (exact) mass is 214 g/mol. The molecule has 2 rings (SSSR count). The van der Waals surface area contributed by atoms with Crippen molar-refractivity contribution in [2.75, 3.05) is 0 Å². The first-order chi connectivity index (χ1) is 7.66. The second-order valence-electron chi connectivity index (χ2n) is 4.35. The normalized spacial score (nSPS) is 19.8. The van der Waals surface area contributed by atoms with E-state index in [1.54, 1.807) is 0 Å². The molecule has 1 atom stereocenters. The summed E-state index contributed by atoms with van der Waals surface area (Å²) in [6, 6.07) is 8.58. The maximum atomic E-state index is 6.11. The molecule has 1 aromatic carbocycles. The molecule has 2 N–H and O–H groups in total. The van der Waals surface area contributed by atoms with Crippen molar-refractivity contribution in [3.63, 3.8) is 0 Å². The zero-order valence-electron chi connectivity index (χ0n) is 9.85. The lowest BCUT2D eigenvalue weighted by Crippen LogP contribution is -2.40. The van der Waals surface area contributed by atoms with Gasteiger partial charge in [-0.05, 0) is 31.1 Å². The molecule has 0 radical (unpaired) electrons. The minimum absolute atomic E-state index is 0.00584. The van der Waals surface area contributed by atoms with Crippen molar-refractivity contribution in [1.29, 1.82) is 0 Å². The van der Waals surface area contributed by atoms with E-state index in [4.69, 9.17) is 5.73 Å². The van der Waals surface area contributed by atoms with Crippen molar-refractivity contribution in [1.82, 2.24) is 4.90 Å². The Hall–Kier alpha value is -1.54. The van der Waals surface area contributed by atoms with E-state index in [0.717, 1.165) is 6.54 Å². The number of hydrogen-bond acceptors (Lipinski definition) is 2. The molecule has 0 fully saturated rings. The van der Waals surface area contributed by atoms with Crippen LogP contribution in [0.5, 0.6) is 0 Å². The first kappa shape index (κ1) is 11.0. The number of hydrogen-bond donors (Lipinski definition) is 1. The first-order valence-electron chi connectivity index (χ1n) is 5.58. The zero-order valence-corrected chi connectivity index (χ0v) is 9.85. The molecule has 1 aromatic rings. The molecule has 0 spiro atoms. The van der Waals surface area contributed by atoms with Gasteiger partial charge in [0.2, 0.25) is 0 Å². The van der Waals surface area contributed by atoms with Gasteiger partial charge in [0.05, 0.1) is 6.17 Å². The Morgan fingerprint density at radius 2 is 1.88 bits per heavy atom. The Labute approximate surface area is 97.1 Å². The number of rotatable bonds is 2. The number of aryl methyl sites for hydroxylation is 1. The van der Waals surface area contributed by atoms with Crippen molar-refractivity contribution in [2.24, 2.45) is 5.73 Å². The van der Waals surface area contributed by atoms with Crippen LogP contribution in [0.25, 0.3) is 0 Å². The molecule has 1 aliphatic rings. The third kappa shape index (κ3) is 2.34. The molecule has 1 heterocycles. The summed E-state index contributed by atoms with van der Waals surface area (Å²) in [5.74, 6) is 0. The third-order valence-corrected chi connectivity index (χ3v) is 2.95. The van der Waals surface area contributed by atoms with Gasteiger partial charge in [-0.2, -0.15) is 0 Å². The van der Waals surface area contributed by atoms with E-state index in [1.807, 2.05) is 6.08 Å². The highest BCUT2D eigenvalue weighted by Gasteiger charge is 2.14. The van der Waals surface area contributed by atoms with Crippen LogP contribution in [0, 0.1) is 6.92 Å². The molecular formula is C14H18N2. The minimum atomic E-state index is 0.00584. The number of nitrogens with two attached hydrogens (primary N) is 1. The van der Waals surface area contributed by atoms with Gasteiger partial charge in [-0.3, -0.25) is 0 Å². The fourth-order valence-corrected chi connectivity index (χ4v) is 1.81. The van der Waals surface area contributed by atoms with E-state index in [1.165, 1.54) is 16.7 Å². The van der Waals surface area contributed by atoms with Crippen LogP contribution < -0.4 is 5.73 Å². The van der Waals surface area contributed by atoms with Crippen molar-refractivity contribution in [2.45, 2.75) is 26.6 Å². The fourth-order valence-electron chi connectivity index (χ4n) is 1.81. The lowest BCUT2D eigenvalue weighted by atomic mass is 10.1. The zero-order chi connectivity index (χ0) is 11.5. The van der Waals surface area contributed by atoms with Gasteiger partial charge in [-0.25, -0.2) is 0 Å². The second-order valence-corrected chi connectivity index (χ2v) is 4.35. The predicted molar refractivity (Wildman–Crippen MR) is 67.6 cm³/mol. The molecule has 2 heteroatoms. The Bertz CT molecular complexity index is 415. The number of benzene rings is 1. The average molecular weight is 214 g/mol. The summed E-state index contributed by atoms with van der Waals surface area (Å²) >= 11 is 0. The van der Waals surface area contributed by atoms with Gasteiger partial charge in [-0.15, -0.1) is 0 Å². The van der Waals surface area contributed by atoms with Crippen LogP contribution in [0.15, 0.2) is 48.2 Å². The summed E-state index contributed by atoms with van der Waals surface area (Å²) in [7, 11) is 0. The Balaban J connectivity index is 2.08. The highest BCUT2D eigenvalue weighted by Crippen LogP contribution is 2.15. The van der Waals surface area contributed by atoms with E-state index in [2.05, 4.69) is 55.3 Å². The molecule has 0 amide bonds. The maximum Gasteiger partial charge on any atom is 0.0990 e. The van der Waals surface area contributed by atoms with Crippen LogP contribution in [-0.4, -0.2) is 11.1 Å². The second kappa shape index (κ2) is 4.54. The minimum Gasteiger partial charge on any atom is -0.354 e. The largest absolute Gasteiger partial charge is 0.354 e. The SMILES string of the molecule is CC1=CC=CN(Cc2ccc(C)cc2)C1N. The standard InChI is InChI=1S/C14H18N2/c1-11-5-7-13(8-6-11)10-16-9-3-4-12(2)14(16)15/h3-9,14H,10,15H2,1-2H3. The van der Waals surface area contributed by atoms with E-state index in [9.17, 15) is 0 Å². The molecule has 84 valence electrons. The smallest absolute Gasteiger partial charge is 0.0990 e. The molecule has 0 saturated carbocycles. The number of nitrogens with zero attached hydrogens (tertiary/aromatic N) is 1. The summed E-state index contributed by atoms with van der Waals surface area (Å²) in [6.07, 6.45) is 6.17. The molecule has 0 aromatic heterocycles. The van der Waals surface area contributed by atoms with Gasteiger partial charge < -0.3 is 10.6 Å². The van der Waals surface area contributed by atoms with E-state index < -0.39 is 0 Å². The summed E-state index contributed by atoms with van der Waals surface area (Å²) in [5.41, 5.74) is 9.89. The van der Waals surface area contributed by atoms with Gasteiger partial charge in [0, 0.05) is 12.7 Å². The van der Waals surface area contributed by atoms with E-state index in [0.29, 0.717) is 0 Å². The van der Waals surface area contributed by atoms with Crippen LogP contribution in [-0.2, 0) is 6.54 Å². The highest BCUT2D eigenvalue weighted by atomic mass is 15.2. The lowest BCUT2D eigenvalue weighted by Gasteiger charge is -2.30. The quantitative estimate of drug-likeness (QED) is 0.819. The van der Waals surface area contributed by atoms with Crippen molar-refractivity contribution < 1.29 is 0 Å². The first-order valence-corrected chi connectivity index (χ1v) is 5.58. The van der Waals surface area contributed by atoms with Crippen LogP contribution in [0.2, 0.25) is 0 Å². The van der Waals surface area contributed by atoms with Crippen LogP contribution >= 0.6 is 0 Å². The van der Waals surface area contributed by atoms with Gasteiger partial charge in [-0.1, -0.05) is 35.9 Å². The average Bonchev–Trinajstić information content (AvgIpc) is 2.28. The molecule has 2 nitrogen and oxygen atoms in total. The van der Waals surface area contributed by atoms with Crippen LogP contribution in [0.3, 0.4) is 0 Å². The Morgan fingerprint density at radius 1 is 1.19 bits per heavy atom. The summed E-state index contributed by atoms with van der Waals surface area (Å²) in [6.45, 7) is 5.03. The molecule has 16 heavy (non-hydrogen) atoms. The van der Waals surface area contributed by atoms with Crippen molar-refractivity contribution >= 4 is 0 Å². The van der Waals surface area contributed by atoms with Crippen molar-refractivity contribution in [3.05, 3.63) is 59.3 Å². The molecule has 1 unspecified atom stereocenters. The summed E-state index contributed by atoms with van der Waals surface area (Å²) in [4.78, 5) is 2.15. The molecule has 0 aliphatic carbocycles. The summed E-state index contributed by atoms with van der Waals surface area (Å²) < 4.78 is 0. The van der Waals surface area contributed by atoms with E-state index >= 15 is 0 Å².